The van der Waals surface area contributed by atoms with Gasteiger partial charge in [0.25, 0.3) is 0 Å². The highest BCUT2D eigenvalue weighted by atomic mass is 16.4. The topological polar surface area (TPSA) is 87.7 Å². The molecule has 5 heteroatoms. The Morgan fingerprint density at radius 1 is 1.38 bits per heavy atom. The van der Waals surface area contributed by atoms with Crippen LogP contribution in [0.4, 0.5) is 0 Å². The number of hydrogen-bond donors (Lipinski definition) is 3. The molecule has 1 aromatic carbocycles. The lowest BCUT2D eigenvalue weighted by molar-refractivity contribution is -0.122. The molecule has 1 amide bonds. The summed E-state index contributed by atoms with van der Waals surface area (Å²) in [5.74, 6) is 0.0657. The van der Waals surface area contributed by atoms with Gasteiger partial charge in [-0.15, -0.1) is 0 Å². The number of hydrogen-bond acceptors (Lipinski definition) is 3. The number of carbonyl (C=O) groups excluding carboxylic acids is 1. The smallest absolute Gasteiger partial charge is 0.221 e. The lowest BCUT2D eigenvalue weighted by Crippen LogP contribution is -2.55. The van der Waals surface area contributed by atoms with Crippen LogP contribution in [0.3, 0.4) is 0 Å². The van der Waals surface area contributed by atoms with Crippen molar-refractivity contribution in [1.29, 1.82) is 0 Å². The minimum absolute atomic E-state index is 0.0493. The predicted molar refractivity (Wildman–Crippen MR) is 82.3 cm³/mol. The molecule has 21 heavy (non-hydrogen) atoms. The first kappa shape index (κ1) is 15.4. The average molecular weight is 289 g/mol. The van der Waals surface area contributed by atoms with Gasteiger partial charge in [-0.05, 0) is 37.3 Å². The van der Waals surface area contributed by atoms with E-state index < -0.39 is 5.54 Å². The second-order valence-electron chi connectivity index (χ2n) is 5.75. The summed E-state index contributed by atoms with van der Waals surface area (Å²) in [6.07, 6.45) is 4.54. The fourth-order valence-corrected chi connectivity index (χ4v) is 2.99. The number of amidine groups is 1. The van der Waals surface area contributed by atoms with Gasteiger partial charge in [0.15, 0.2) is 5.84 Å². The lowest BCUT2D eigenvalue weighted by atomic mass is 9.95. The maximum absolute atomic E-state index is 12.2. The van der Waals surface area contributed by atoms with Crippen LogP contribution in [0.2, 0.25) is 0 Å². The Morgan fingerprint density at radius 2 is 2.05 bits per heavy atom. The van der Waals surface area contributed by atoms with Crippen molar-refractivity contribution in [2.45, 2.75) is 51.0 Å². The maximum Gasteiger partial charge on any atom is 0.221 e. The highest BCUT2D eigenvalue weighted by Crippen LogP contribution is 2.30. The summed E-state index contributed by atoms with van der Waals surface area (Å²) in [5, 5.41) is 15.0. The summed E-state index contributed by atoms with van der Waals surface area (Å²) in [4.78, 5) is 12.2. The summed E-state index contributed by atoms with van der Waals surface area (Å²) in [6.45, 7) is 2.04. The van der Waals surface area contributed by atoms with E-state index in [1.165, 1.54) is 11.1 Å². The summed E-state index contributed by atoms with van der Waals surface area (Å²) in [6, 6.07) is 8.06. The Kier molecular flexibility index (Phi) is 4.83. The van der Waals surface area contributed by atoms with Crippen LogP contribution >= 0.6 is 0 Å². The Morgan fingerprint density at radius 3 is 2.67 bits per heavy atom. The van der Waals surface area contributed by atoms with E-state index in [0.29, 0.717) is 12.8 Å². The number of aryl methyl sites for hydroxylation is 2. The van der Waals surface area contributed by atoms with Gasteiger partial charge in [-0.3, -0.25) is 4.79 Å². The number of nitrogens with one attached hydrogen (secondary N) is 1. The van der Waals surface area contributed by atoms with E-state index in [1.54, 1.807) is 0 Å². The van der Waals surface area contributed by atoms with Crippen molar-refractivity contribution in [3.05, 3.63) is 35.4 Å². The Hall–Kier alpha value is -2.04. The fourth-order valence-electron chi connectivity index (χ4n) is 2.99. The molecule has 0 aromatic heterocycles. The number of amides is 1. The molecule has 1 aromatic rings. The first-order valence-electron chi connectivity index (χ1n) is 7.41. The standard InChI is InChI=1S/C16H23N3O2/c1-12-6-2-3-7-13(12)8-9-14(20)18-16(15(17)19-21)10-4-5-11-16/h2-3,6-7,21H,4-5,8-11H2,1H3,(H2,17,19)(H,18,20). The number of nitrogens with two attached hydrogens (primary N) is 1. The zero-order valence-corrected chi connectivity index (χ0v) is 12.4. The molecule has 0 radical (unpaired) electrons. The molecule has 1 fully saturated rings. The van der Waals surface area contributed by atoms with E-state index in [4.69, 9.17) is 10.9 Å². The predicted octanol–water partition coefficient (Wildman–Crippen LogP) is 2.10. The van der Waals surface area contributed by atoms with Crippen LogP contribution in [-0.4, -0.2) is 22.5 Å². The van der Waals surface area contributed by atoms with Crippen LogP contribution < -0.4 is 11.1 Å². The number of oxime groups is 1. The third kappa shape index (κ3) is 3.54. The van der Waals surface area contributed by atoms with E-state index >= 15 is 0 Å². The van der Waals surface area contributed by atoms with Gasteiger partial charge in [0.1, 0.15) is 5.54 Å². The monoisotopic (exact) mass is 289 g/mol. The number of rotatable bonds is 5. The molecule has 0 bridgehead atoms. The van der Waals surface area contributed by atoms with E-state index in [9.17, 15) is 4.79 Å². The third-order valence-corrected chi connectivity index (χ3v) is 4.32. The van der Waals surface area contributed by atoms with Crippen LogP contribution in [0.15, 0.2) is 29.4 Å². The van der Waals surface area contributed by atoms with E-state index in [2.05, 4.69) is 10.5 Å². The lowest BCUT2D eigenvalue weighted by Gasteiger charge is -2.28. The van der Waals surface area contributed by atoms with Crippen LogP contribution in [-0.2, 0) is 11.2 Å². The highest BCUT2D eigenvalue weighted by molar-refractivity contribution is 5.94. The van der Waals surface area contributed by atoms with Crippen molar-refractivity contribution in [3.63, 3.8) is 0 Å². The number of nitrogens with zero attached hydrogens (tertiary/aromatic N) is 1. The number of benzene rings is 1. The molecule has 5 nitrogen and oxygen atoms in total. The van der Waals surface area contributed by atoms with E-state index in [-0.39, 0.29) is 11.7 Å². The van der Waals surface area contributed by atoms with Crippen molar-refractivity contribution in [2.24, 2.45) is 10.9 Å². The minimum atomic E-state index is -0.655. The van der Waals surface area contributed by atoms with E-state index in [0.717, 1.165) is 25.7 Å². The third-order valence-electron chi connectivity index (χ3n) is 4.32. The fraction of sp³-hybridized carbons (Fsp3) is 0.500. The summed E-state index contributed by atoms with van der Waals surface area (Å²) >= 11 is 0. The van der Waals surface area contributed by atoms with Gasteiger partial charge in [-0.2, -0.15) is 0 Å². The molecular weight excluding hydrogens is 266 g/mol. The minimum Gasteiger partial charge on any atom is -0.409 e. The number of carbonyl (C=O) groups is 1. The van der Waals surface area contributed by atoms with Crippen molar-refractivity contribution >= 4 is 11.7 Å². The van der Waals surface area contributed by atoms with Gasteiger partial charge in [0, 0.05) is 6.42 Å². The Labute approximate surface area is 125 Å². The summed E-state index contributed by atoms with van der Waals surface area (Å²) in [7, 11) is 0. The van der Waals surface area contributed by atoms with Crippen molar-refractivity contribution in [3.8, 4) is 0 Å². The van der Waals surface area contributed by atoms with Crippen LogP contribution in [0.1, 0.15) is 43.2 Å². The first-order chi connectivity index (χ1) is 10.1. The molecule has 114 valence electrons. The van der Waals surface area contributed by atoms with Gasteiger partial charge in [0.05, 0.1) is 0 Å². The Bertz CT molecular complexity index is 534. The van der Waals surface area contributed by atoms with Crippen molar-refractivity contribution < 1.29 is 10.0 Å². The average Bonchev–Trinajstić information content (AvgIpc) is 2.95. The van der Waals surface area contributed by atoms with Gasteiger partial charge in [-0.1, -0.05) is 42.3 Å². The molecule has 0 atom stereocenters. The normalized spacial score (nSPS) is 17.7. The maximum atomic E-state index is 12.2. The van der Waals surface area contributed by atoms with Gasteiger partial charge >= 0.3 is 0 Å². The van der Waals surface area contributed by atoms with Crippen LogP contribution in [0.25, 0.3) is 0 Å². The molecule has 4 N–H and O–H groups in total. The summed E-state index contributed by atoms with van der Waals surface area (Å²) in [5.41, 5.74) is 7.49. The molecule has 1 aliphatic carbocycles. The molecule has 0 aliphatic heterocycles. The van der Waals surface area contributed by atoms with Crippen LogP contribution in [0, 0.1) is 6.92 Å². The van der Waals surface area contributed by atoms with Gasteiger partial charge in [-0.25, -0.2) is 0 Å². The molecule has 0 spiro atoms. The largest absolute Gasteiger partial charge is 0.409 e. The second-order valence-corrected chi connectivity index (χ2v) is 5.75. The van der Waals surface area contributed by atoms with Crippen molar-refractivity contribution in [1.82, 2.24) is 5.32 Å². The zero-order valence-electron chi connectivity index (χ0n) is 12.4. The summed E-state index contributed by atoms with van der Waals surface area (Å²) < 4.78 is 0. The highest BCUT2D eigenvalue weighted by Gasteiger charge is 2.39. The van der Waals surface area contributed by atoms with Crippen LogP contribution in [0.5, 0.6) is 0 Å². The molecular formula is C16H23N3O2. The zero-order chi connectivity index (χ0) is 15.3. The SMILES string of the molecule is Cc1ccccc1CCC(=O)NC1(C(N)=NO)CCCC1. The second kappa shape index (κ2) is 6.61. The molecule has 2 rings (SSSR count). The van der Waals surface area contributed by atoms with E-state index in [1.807, 2.05) is 31.2 Å². The first-order valence-corrected chi connectivity index (χ1v) is 7.41. The van der Waals surface area contributed by atoms with Gasteiger partial charge < -0.3 is 16.3 Å². The van der Waals surface area contributed by atoms with Crippen molar-refractivity contribution in [2.75, 3.05) is 0 Å². The molecule has 1 saturated carbocycles. The molecule has 1 aliphatic rings. The van der Waals surface area contributed by atoms with Gasteiger partial charge in [0.2, 0.25) is 5.91 Å². The molecule has 0 unspecified atom stereocenters. The molecule has 0 saturated heterocycles. The molecule has 0 heterocycles. The quantitative estimate of drug-likeness (QED) is 0.336. The Balaban J connectivity index is 1.96.